The normalized spacial score (nSPS) is 15.5. The van der Waals surface area contributed by atoms with Crippen molar-refractivity contribution in [1.29, 1.82) is 0 Å². The minimum atomic E-state index is 0.138. The summed E-state index contributed by atoms with van der Waals surface area (Å²) in [7, 11) is 1.67. The molecule has 0 saturated heterocycles. The number of amides is 1. The summed E-state index contributed by atoms with van der Waals surface area (Å²) < 4.78 is 5.29. The zero-order chi connectivity index (χ0) is 13.8. The Morgan fingerprint density at radius 1 is 1.26 bits per heavy atom. The highest BCUT2D eigenvalue weighted by atomic mass is 16.5. The molecule has 2 rings (SSSR count). The predicted octanol–water partition coefficient (Wildman–Crippen LogP) is 2.91. The number of carbonyl (C=O) groups is 1. The molecular weight excluding hydrogens is 238 g/mol. The first-order valence-electron chi connectivity index (χ1n) is 7.03. The summed E-state index contributed by atoms with van der Waals surface area (Å²) in [4.78, 5) is 12.0. The van der Waals surface area contributed by atoms with E-state index in [-0.39, 0.29) is 5.91 Å². The van der Waals surface area contributed by atoms with Gasteiger partial charge >= 0.3 is 0 Å². The quantitative estimate of drug-likeness (QED) is 0.905. The molecule has 0 aromatic heterocycles. The molecular formula is C16H23NO2. The Labute approximate surface area is 115 Å². The molecule has 3 nitrogen and oxygen atoms in total. The molecule has 1 aromatic rings. The first-order chi connectivity index (χ1) is 9.10. The molecule has 0 aliphatic heterocycles. The average Bonchev–Trinajstić information content (AvgIpc) is 2.86. The number of carbonyl (C=O) groups excluding carboxylic acids is 1. The van der Waals surface area contributed by atoms with Crippen molar-refractivity contribution >= 4 is 5.91 Å². The molecule has 1 saturated carbocycles. The summed E-state index contributed by atoms with van der Waals surface area (Å²) in [5, 5.41) is 3.13. The molecule has 1 aliphatic rings. The van der Waals surface area contributed by atoms with Crippen molar-refractivity contribution in [3.05, 3.63) is 28.8 Å². The van der Waals surface area contributed by atoms with Gasteiger partial charge in [0.2, 0.25) is 5.91 Å². The van der Waals surface area contributed by atoms with E-state index in [0.717, 1.165) is 35.3 Å². The van der Waals surface area contributed by atoms with Crippen LogP contribution in [0.4, 0.5) is 0 Å². The molecule has 3 heteroatoms. The fraction of sp³-hybridized carbons (Fsp3) is 0.562. The van der Waals surface area contributed by atoms with Crippen molar-refractivity contribution in [3.8, 4) is 5.75 Å². The van der Waals surface area contributed by atoms with Gasteiger partial charge in [-0.3, -0.25) is 4.79 Å². The van der Waals surface area contributed by atoms with Crippen LogP contribution in [0.3, 0.4) is 0 Å². The largest absolute Gasteiger partial charge is 0.496 e. The molecule has 0 bridgehead atoms. The third-order valence-corrected chi connectivity index (χ3v) is 3.92. The second kappa shape index (κ2) is 6.09. The second-order valence-electron chi connectivity index (χ2n) is 5.47. The maximum Gasteiger partial charge on any atom is 0.224 e. The highest BCUT2D eigenvalue weighted by Gasteiger charge is 2.17. The molecule has 1 fully saturated rings. The smallest absolute Gasteiger partial charge is 0.224 e. The van der Waals surface area contributed by atoms with E-state index in [1.165, 1.54) is 12.8 Å². The third-order valence-electron chi connectivity index (χ3n) is 3.92. The predicted molar refractivity (Wildman–Crippen MR) is 76.6 cm³/mol. The lowest BCUT2D eigenvalue weighted by molar-refractivity contribution is -0.121. The summed E-state index contributed by atoms with van der Waals surface area (Å²) >= 11 is 0. The first kappa shape index (κ1) is 13.9. The number of benzene rings is 1. The van der Waals surface area contributed by atoms with E-state index >= 15 is 0 Å². The Morgan fingerprint density at radius 2 is 1.95 bits per heavy atom. The number of methoxy groups -OCH3 is 1. The van der Waals surface area contributed by atoms with Crippen LogP contribution in [0.2, 0.25) is 0 Å². The van der Waals surface area contributed by atoms with Crippen LogP contribution in [0.1, 0.15) is 42.4 Å². The summed E-state index contributed by atoms with van der Waals surface area (Å²) in [5.74, 6) is 1.03. The topological polar surface area (TPSA) is 38.3 Å². The van der Waals surface area contributed by atoms with Crippen molar-refractivity contribution in [1.82, 2.24) is 5.32 Å². The molecule has 1 N–H and O–H groups in total. The Kier molecular flexibility index (Phi) is 4.46. The summed E-state index contributed by atoms with van der Waals surface area (Å²) in [5.41, 5.74) is 3.29. The zero-order valence-electron chi connectivity index (χ0n) is 12.1. The van der Waals surface area contributed by atoms with Crippen LogP contribution in [0.25, 0.3) is 0 Å². The molecule has 0 radical (unpaired) electrons. The monoisotopic (exact) mass is 261 g/mol. The van der Waals surface area contributed by atoms with E-state index in [1.54, 1.807) is 7.11 Å². The van der Waals surface area contributed by atoms with Gasteiger partial charge in [-0.25, -0.2) is 0 Å². The molecule has 0 atom stereocenters. The van der Waals surface area contributed by atoms with Crippen LogP contribution < -0.4 is 10.1 Å². The van der Waals surface area contributed by atoms with Crippen LogP contribution >= 0.6 is 0 Å². The van der Waals surface area contributed by atoms with Crippen molar-refractivity contribution in [2.75, 3.05) is 7.11 Å². The fourth-order valence-electron chi connectivity index (χ4n) is 2.78. The number of hydrogen-bond acceptors (Lipinski definition) is 2. The molecule has 19 heavy (non-hydrogen) atoms. The molecule has 1 aromatic carbocycles. The van der Waals surface area contributed by atoms with Crippen LogP contribution in [0.15, 0.2) is 12.1 Å². The van der Waals surface area contributed by atoms with Gasteiger partial charge in [0.05, 0.1) is 13.5 Å². The molecule has 0 unspecified atom stereocenters. The van der Waals surface area contributed by atoms with Gasteiger partial charge < -0.3 is 10.1 Å². The van der Waals surface area contributed by atoms with Crippen molar-refractivity contribution < 1.29 is 9.53 Å². The van der Waals surface area contributed by atoms with Crippen molar-refractivity contribution in [2.45, 2.75) is 52.0 Å². The van der Waals surface area contributed by atoms with Gasteiger partial charge in [0.1, 0.15) is 5.75 Å². The molecule has 0 spiro atoms. The first-order valence-corrected chi connectivity index (χ1v) is 7.03. The van der Waals surface area contributed by atoms with E-state index in [4.69, 9.17) is 4.74 Å². The summed E-state index contributed by atoms with van der Waals surface area (Å²) in [6, 6.07) is 4.46. The van der Waals surface area contributed by atoms with Gasteiger partial charge in [-0.15, -0.1) is 0 Å². The lowest BCUT2D eigenvalue weighted by Gasteiger charge is -2.14. The van der Waals surface area contributed by atoms with E-state index in [2.05, 4.69) is 11.4 Å². The van der Waals surface area contributed by atoms with Gasteiger partial charge in [0.15, 0.2) is 0 Å². The Hall–Kier alpha value is -1.51. The summed E-state index contributed by atoms with van der Waals surface area (Å²) in [6.07, 6.45) is 5.21. The van der Waals surface area contributed by atoms with Crippen LogP contribution in [-0.4, -0.2) is 19.1 Å². The maximum absolute atomic E-state index is 12.0. The fourth-order valence-corrected chi connectivity index (χ4v) is 2.78. The number of aryl methyl sites for hydroxylation is 2. The Balaban J connectivity index is 2.01. The SMILES string of the molecule is COc1cc(C)c(CC(=O)NC2CCCC2)cc1C. The Bertz CT molecular complexity index is 462. The summed E-state index contributed by atoms with van der Waals surface area (Å²) in [6.45, 7) is 4.04. The highest BCUT2D eigenvalue weighted by molar-refractivity contribution is 5.79. The van der Waals surface area contributed by atoms with Gasteiger partial charge in [0, 0.05) is 6.04 Å². The van der Waals surface area contributed by atoms with Crippen LogP contribution in [-0.2, 0) is 11.2 Å². The lowest BCUT2D eigenvalue weighted by atomic mass is 10.0. The van der Waals surface area contributed by atoms with Crippen LogP contribution in [0, 0.1) is 13.8 Å². The molecule has 104 valence electrons. The minimum absolute atomic E-state index is 0.138. The lowest BCUT2D eigenvalue weighted by Crippen LogP contribution is -2.33. The maximum atomic E-state index is 12.0. The van der Waals surface area contributed by atoms with E-state index < -0.39 is 0 Å². The number of hydrogen-bond donors (Lipinski definition) is 1. The standard InChI is InChI=1S/C16H23NO2/c1-11-9-15(19-3)12(2)8-13(11)10-16(18)17-14-6-4-5-7-14/h8-9,14H,4-7,10H2,1-3H3,(H,17,18). The van der Waals surface area contributed by atoms with Gasteiger partial charge in [-0.05, 0) is 49.4 Å². The van der Waals surface area contributed by atoms with Crippen molar-refractivity contribution in [3.63, 3.8) is 0 Å². The highest BCUT2D eigenvalue weighted by Crippen LogP contribution is 2.23. The van der Waals surface area contributed by atoms with Crippen LogP contribution in [0.5, 0.6) is 5.75 Å². The third kappa shape index (κ3) is 3.49. The average molecular weight is 261 g/mol. The number of ether oxygens (including phenoxy) is 1. The van der Waals surface area contributed by atoms with E-state index in [9.17, 15) is 4.79 Å². The number of rotatable bonds is 4. The van der Waals surface area contributed by atoms with E-state index in [1.807, 2.05) is 19.9 Å². The zero-order valence-corrected chi connectivity index (χ0v) is 12.1. The molecule has 1 aliphatic carbocycles. The Morgan fingerprint density at radius 3 is 2.58 bits per heavy atom. The second-order valence-corrected chi connectivity index (χ2v) is 5.47. The molecule has 0 heterocycles. The number of nitrogens with one attached hydrogen (secondary N) is 1. The minimum Gasteiger partial charge on any atom is -0.496 e. The van der Waals surface area contributed by atoms with E-state index in [0.29, 0.717) is 12.5 Å². The van der Waals surface area contributed by atoms with Gasteiger partial charge in [-0.2, -0.15) is 0 Å². The molecule has 1 amide bonds. The van der Waals surface area contributed by atoms with Crippen molar-refractivity contribution in [2.24, 2.45) is 0 Å². The van der Waals surface area contributed by atoms with Gasteiger partial charge in [-0.1, -0.05) is 18.9 Å². The van der Waals surface area contributed by atoms with Gasteiger partial charge in [0.25, 0.3) is 0 Å².